The van der Waals surface area contributed by atoms with E-state index in [1.807, 2.05) is 0 Å². The van der Waals surface area contributed by atoms with Gasteiger partial charge in [0.1, 0.15) is 11.5 Å². The van der Waals surface area contributed by atoms with Gasteiger partial charge < -0.3 is 0 Å². The van der Waals surface area contributed by atoms with Crippen molar-refractivity contribution in [1.29, 1.82) is 0 Å². The third-order valence-electron chi connectivity index (χ3n) is 3.09. The maximum atomic E-state index is 12.7. The molecular formula is C11H14F3N3O2S. The van der Waals surface area contributed by atoms with Crippen LogP contribution in [0, 0.1) is 6.92 Å². The van der Waals surface area contributed by atoms with E-state index >= 15 is 0 Å². The molecule has 2 heterocycles. The van der Waals surface area contributed by atoms with Crippen LogP contribution in [-0.2, 0) is 16.2 Å². The molecule has 112 valence electrons. The molecule has 1 aromatic rings. The number of hydrogen-bond acceptors (Lipinski definition) is 4. The average Bonchev–Trinajstić information content (AvgIpc) is 2.75. The first kappa shape index (κ1) is 15.2. The summed E-state index contributed by atoms with van der Waals surface area (Å²) in [6.07, 6.45) is -2.53. The monoisotopic (exact) mass is 309 g/mol. The lowest BCUT2D eigenvalue weighted by Crippen LogP contribution is -2.31. The van der Waals surface area contributed by atoms with Crippen LogP contribution < -0.4 is 0 Å². The van der Waals surface area contributed by atoms with Crippen LogP contribution in [0.3, 0.4) is 0 Å². The Hall–Kier alpha value is -1.22. The number of rotatable bonds is 2. The molecule has 0 spiro atoms. The van der Waals surface area contributed by atoms with Gasteiger partial charge in [0.25, 0.3) is 0 Å². The number of aromatic nitrogens is 2. The zero-order chi connectivity index (χ0) is 15.1. The highest BCUT2D eigenvalue weighted by Crippen LogP contribution is 2.34. The van der Waals surface area contributed by atoms with Crippen molar-refractivity contribution >= 4 is 10.0 Å². The minimum absolute atomic E-state index is 0.0831. The molecule has 0 aliphatic carbocycles. The van der Waals surface area contributed by atoms with Gasteiger partial charge in [-0.1, -0.05) is 0 Å². The van der Waals surface area contributed by atoms with Gasteiger partial charge in [0, 0.05) is 12.2 Å². The minimum Gasteiger partial charge on any atom is -0.236 e. The molecule has 5 nitrogen and oxygen atoms in total. The summed E-state index contributed by atoms with van der Waals surface area (Å²) < 4.78 is 62.7. The Morgan fingerprint density at radius 1 is 1.35 bits per heavy atom. The van der Waals surface area contributed by atoms with Crippen LogP contribution >= 0.6 is 0 Å². The second-order valence-corrected chi connectivity index (χ2v) is 6.72. The SMILES string of the molecule is Cc1cc(C(F)(F)F)nc([C@@H]2CCCN2S(C)(=O)=O)n1. The van der Waals surface area contributed by atoms with Crippen LogP contribution in [0.1, 0.15) is 36.1 Å². The highest BCUT2D eigenvalue weighted by atomic mass is 32.2. The van der Waals surface area contributed by atoms with Crippen molar-refractivity contribution in [3.05, 3.63) is 23.3 Å². The van der Waals surface area contributed by atoms with Crippen molar-refractivity contribution in [3.8, 4) is 0 Å². The van der Waals surface area contributed by atoms with Crippen LogP contribution in [0.25, 0.3) is 0 Å². The lowest BCUT2D eigenvalue weighted by Gasteiger charge is -2.21. The Bertz CT molecular complexity index is 616. The van der Waals surface area contributed by atoms with Crippen molar-refractivity contribution in [2.75, 3.05) is 12.8 Å². The summed E-state index contributed by atoms with van der Waals surface area (Å²) in [5.74, 6) is -0.0831. The number of aryl methyl sites for hydroxylation is 1. The normalized spacial score (nSPS) is 21.4. The molecule has 1 atom stereocenters. The van der Waals surface area contributed by atoms with Crippen molar-refractivity contribution in [3.63, 3.8) is 0 Å². The summed E-state index contributed by atoms with van der Waals surface area (Å²) in [7, 11) is -3.49. The van der Waals surface area contributed by atoms with E-state index in [1.54, 1.807) is 0 Å². The van der Waals surface area contributed by atoms with Crippen LogP contribution in [-0.4, -0.2) is 35.5 Å². The number of hydrogen-bond donors (Lipinski definition) is 0. The first-order chi connectivity index (χ1) is 9.09. The van der Waals surface area contributed by atoms with E-state index in [0.717, 1.165) is 16.6 Å². The molecule has 2 rings (SSSR count). The summed E-state index contributed by atoms with van der Waals surface area (Å²) >= 11 is 0. The Labute approximate surface area is 114 Å². The van der Waals surface area contributed by atoms with Gasteiger partial charge in [-0.25, -0.2) is 18.4 Å². The summed E-state index contributed by atoms with van der Waals surface area (Å²) in [4.78, 5) is 7.48. The molecule has 0 amide bonds. The Balaban J connectivity index is 2.45. The summed E-state index contributed by atoms with van der Waals surface area (Å²) in [5, 5.41) is 0. The minimum atomic E-state index is -4.57. The van der Waals surface area contributed by atoms with E-state index in [0.29, 0.717) is 12.8 Å². The number of halogens is 3. The summed E-state index contributed by atoms with van der Waals surface area (Å²) in [5.41, 5.74) is -0.872. The fourth-order valence-electron chi connectivity index (χ4n) is 2.28. The fraction of sp³-hybridized carbons (Fsp3) is 0.636. The lowest BCUT2D eigenvalue weighted by molar-refractivity contribution is -0.141. The maximum Gasteiger partial charge on any atom is 0.433 e. The number of nitrogens with zero attached hydrogens (tertiary/aromatic N) is 3. The molecular weight excluding hydrogens is 295 g/mol. The molecule has 9 heteroatoms. The third-order valence-corrected chi connectivity index (χ3v) is 4.38. The fourth-order valence-corrected chi connectivity index (χ4v) is 3.40. The van der Waals surface area contributed by atoms with E-state index in [-0.39, 0.29) is 18.1 Å². The molecule has 0 N–H and O–H groups in total. The molecule has 1 aliphatic heterocycles. The Kier molecular flexibility index (Phi) is 3.76. The van der Waals surface area contributed by atoms with Crippen LogP contribution in [0.4, 0.5) is 13.2 Å². The number of sulfonamides is 1. The van der Waals surface area contributed by atoms with Crippen LogP contribution in [0.2, 0.25) is 0 Å². The van der Waals surface area contributed by atoms with Crippen LogP contribution in [0.15, 0.2) is 6.07 Å². The molecule has 1 aromatic heterocycles. The van der Waals surface area contributed by atoms with E-state index in [9.17, 15) is 21.6 Å². The molecule has 1 aliphatic rings. The quantitative estimate of drug-likeness (QED) is 0.837. The Morgan fingerprint density at radius 2 is 2.00 bits per heavy atom. The van der Waals surface area contributed by atoms with Gasteiger partial charge in [0.05, 0.1) is 12.3 Å². The van der Waals surface area contributed by atoms with Gasteiger partial charge in [-0.2, -0.15) is 17.5 Å². The maximum absolute atomic E-state index is 12.7. The van der Waals surface area contributed by atoms with Crippen LogP contribution in [0.5, 0.6) is 0 Å². The highest BCUT2D eigenvalue weighted by Gasteiger charge is 2.38. The largest absolute Gasteiger partial charge is 0.433 e. The summed E-state index contributed by atoms with van der Waals surface area (Å²) in [6.45, 7) is 1.71. The van der Waals surface area contributed by atoms with Gasteiger partial charge in [-0.3, -0.25) is 0 Å². The topological polar surface area (TPSA) is 63.2 Å². The van der Waals surface area contributed by atoms with E-state index in [1.165, 1.54) is 6.92 Å². The number of alkyl halides is 3. The van der Waals surface area contributed by atoms with Gasteiger partial charge >= 0.3 is 6.18 Å². The van der Waals surface area contributed by atoms with Gasteiger partial charge in [0.2, 0.25) is 10.0 Å². The van der Waals surface area contributed by atoms with Crippen molar-refractivity contribution in [1.82, 2.24) is 14.3 Å². The van der Waals surface area contributed by atoms with Crippen molar-refractivity contribution in [2.24, 2.45) is 0 Å². The molecule has 1 fully saturated rings. The molecule has 0 bridgehead atoms. The highest BCUT2D eigenvalue weighted by molar-refractivity contribution is 7.88. The zero-order valence-electron chi connectivity index (χ0n) is 11.0. The predicted octanol–water partition coefficient (Wildman–Crippen LogP) is 1.90. The lowest BCUT2D eigenvalue weighted by atomic mass is 10.2. The molecule has 0 unspecified atom stereocenters. The molecule has 0 radical (unpaired) electrons. The Morgan fingerprint density at radius 3 is 2.55 bits per heavy atom. The van der Waals surface area contributed by atoms with Gasteiger partial charge in [0.15, 0.2) is 0 Å². The van der Waals surface area contributed by atoms with E-state index < -0.39 is 27.9 Å². The smallest absolute Gasteiger partial charge is 0.236 e. The van der Waals surface area contributed by atoms with E-state index in [4.69, 9.17) is 0 Å². The molecule has 0 aromatic carbocycles. The molecule has 20 heavy (non-hydrogen) atoms. The van der Waals surface area contributed by atoms with E-state index in [2.05, 4.69) is 9.97 Å². The van der Waals surface area contributed by atoms with Gasteiger partial charge in [-0.15, -0.1) is 0 Å². The second kappa shape index (κ2) is 4.96. The third kappa shape index (κ3) is 3.09. The molecule has 0 saturated carbocycles. The van der Waals surface area contributed by atoms with Crippen molar-refractivity contribution < 1.29 is 21.6 Å². The zero-order valence-corrected chi connectivity index (χ0v) is 11.8. The first-order valence-electron chi connectivity index (χ1n) is 5.98. The second-order valence-electron chi connectivity index (χ2n) is 4.78. The average molecular weight is 309 g/mol. The molecule has 1 saturated heterocycles. The standard InChI is InChI=1S/C11H14F3N3O2S/c1-7-6-9(11(12,13)14)16-10(15-7)8-4-3-5-17(8)20(2,18)19/h6,8H,3-5H2,1-2H3/t8-/m0/s1. The summed E-state index contributed by atoms with van der Waals surface area (Å²) in [6, 6.07) is 0.134. The van der Waals surface area contributed by atoms with Crippen molar-refractivity contribution in [2.45, 2.75) is 32.0 Å². The first-order valence-corrected chi connectivity index (χ1v) is 7.83. The van der Waals surface area contributed by atoms with Gasteiger partial charge in [-0.05, 0) is 25.8 Å². The predicted molar refractivity (Wildman–Crippen MR) is 65.3 cm³/mol.